The van der Waals surface area contributed by atoms with Gasteiger partial charge in [0.2, 0.25) is 0 Å². The van der Waals surface area contributed by atoms with E-state index in [4.69, 9.17) is 0 Å². The summed E-state index contributed by atoms with van der Waals surface area (Å²) < 4.78 is 0. The molecule has 1 heterocycles. The van der Waals surface area contributed by atoms with E-state index in [9.17, 15) is 4.79 Å². The summed E-state index contributed by atoms with van der Waals surface area (Å²) in [6, 6.07) is 0.835. The molecule has 1 aromatic heterocycles. The van der Waals surface area contributed by atoms with Gasteiger partial charge in [-0.3, -0.25) is 0 Å². The van der Waals surface area contributed by atoms with Gasteiger partial charge in [0.05, 0.1) is 5.01 Å². The Bertz CT molecular complexity index is 474. The van der Waals surface area contributed by atoms with Crippen molar-refractivity contribution >= 4 is 17.4 Å². The van der Waals surface area contributed by atoms with E-state index in [1.165, 1.54) is 4.88 Å². The summed E-state index contributed by atoms with van der Waals surface area (Å²) in [6.07, 6.45) is 5.16. The monoisotopic (exact) mass is 310 g/mol. The minimum Gasteiger partial charge on any atom is -0.337 e. The molecule has 2 N–H and O–H groups in total. The molecule has 5 nitrogen and oxygen atoms in total. The number of nitrogens with one attached hydrogen (secondary N) is 2. The van der Waals surface area contributed by atoms with Gasteiger partial charge in [0, 0.05) is 35.6 Å². The smallest absolute Gasteiger partial charge is 0.315 e. The summed E-state index contributed by atoms with van der Waals surface area (Å²) in [5.74, 6) is 0.257. The third-order valence-corrected chi connectivity index (χ3v) is 5.24. The lowest BCUT2D eigenvalue weighted by atomic mass is 10.2. The maximum absolute atomic E-state index is 12.0. The molecule has 1 fully saturated rings. The molecule has 3 atom stereocenters. The number of nitrogens with zero attached hydrogens (tertiary/aromatic N) is 2. The molecule has 0 spiro atoms. The largest absolute Gasteiger partial charge is 0.337 e. The van der Waals surface area contributed by atoms with Gasteiger partial charge in [-0.1, -0.05) is 6.92 Å². The molecule has 0 radical (unpaired) electrons. The molecule has 2 rings (SSSR count). The van der Waals surface area contributed by atoms with Crippen molar-refractivity contribution in [2.75, 3.05) is 20.6 Å². The van der Waals surface area contributed by atoms with Gasteiger partial charge >= 0.3 is 6.03 Å². The van der Waals surface area contributed by atoms with Gasteiger partial charge in [0.1, 0.15) is 0 Å². The van der Waals surface area contributed by atoms with E-state index < -0.39 is 0 Å². The molecule has 1 aromatic rings. The average molecular weight is 310 g/mol. The van der Waals surface area contributed by atoms with Crippen LogP contribution in [0.25, 0.3) is 0 Å². The topological polar surface area (TPSA) is 57.3 Å². The number of thiazole rings is 1. The van der Waals surface area contributed by atoms with Gasteiger partial charge in [0.15, 0.2) is 0 Å². The van der Waals surface area contributed by atoms with E-state index in [1.54, 1.807) is 11.3 Å². The molecule has 0 saturated heterocycles. The van der Waals surface area contributed by atoms with Crippen LogP contribution in [-0.2, 0) is 0 Å². The first-order valence-corrected chi connectivity index (χ1v) is 8.40. The van der Waals surface area contributed by atoms with E-state index in [0.717, 1.165) is 24.3 Å². The highest BCUT2D eigenvalue weighted by molar-refractivity contribution is 7.11. The van der Waals surface area contributed by atoms with Gasteiger partial charge in [-0.25, -0.2) is 9.78 Å². The zero-order valence-corrected chi connectivity index (χ0v) is 14.2. The van der Waals surface area contributed by atoms with E-state index >= 15 is 0 Å². The minimum absolute atomic E-state index is 0.0560. The first-order valence-electron chi connectivity index (χ1n) is 7.58. The normalized spacial score (nSPS) is 23.3. The highest BCUT2D eigenvalue weighted by Gasteiger charge is 2.27. The Hall–Kier alpha value is -1.14. The van der Waals surface area contributed by atoms with Crippen LogP contribution >= 0.6 is 11.3 Å². The quantitative estimate of drug-likeness (QED) is 0.877. The predicted octanol–water partition coefficient (Wildman–Crippen LogP) is 2.34. The summed E-state index contributed by atoms with van der Waals surface area (Å²) in [5.41, 5.74) is 0. The van der Waals surface area contributed by atoms with Crippen molar-refractivity contribution in [2.45, 2.75) is 51.1 Å². The molecule has 118 valence electrons. The number of rotatable bonds is 5. The van der Waals surface area contributed by atoms with E-state index in [1.807, 2.05) is 6.20 Å². The highest BCUT2D eigenvalue weighted by Crippen LogP contribution is 2.22. The van der Waals surface area contributed by atoms with Crippen molar-refractivity contribution in [1.29, 1.82) is 0 Å². The molecule has 0 aliphatic heterocycles. The minimum atomic E-state index is -0.0560. The summed E-state index contributed by atoms with van der Waals surface area (Å²) in [6.45, 7) is 4.77. The van der Waals surface area contributed by atoms with Crippen LogP contribution < -0.4 is 10.6 Å². The van der Waals surface area contributed by atoms with Gasteiger partial charge in [-0.2, -0.15) is 0 Å². The zero-order valence-electron chi connectivity index (χ0n) is 13.3. The van der Waals surface area contributed by atoms with Crippen molar-refractivity contribution < 1.29 is 4.79 Å². The fourth-order valence-electron chi connectivity index (χ4n) is 2.73. The van der Waals surface area contributed by atoms with E-state index in [0.29, 0.717) is 18.6 Å². The molecule has 0 aromatic carbocycles. The predicted molar refractivity (Wildman–Crippen MR) is 86.9 cm³/mol. The Morgan fingerprint density at radius 1 is 1.52 bits per heavy atom. The third kappa shape index (κ3) is 4.68. The maximum atomic E-state index is 12.0. The number of carbonyl (C=O) groups is 1. The second-order valence-corrected chi connectivity index (χ2v) is 7.46. The van der Waals surface area contributed by atoms with Crippen molar-refractivity contribution in [1.82, 2.24) is 20.5 Å². The fourth-order valence-corrected chi connectivity index (χ4v) is 3.55. The standard InChI is InChI=1S/C15H26N4OS/c1-10(14-16-9-11(2)21-14)8-17-15(20)18-12-5-6-13(7-12)19(3)4/h9-10,12-13H,5-8H2,1-4H3,(H2,17,18,20). The number of amides is 2. The van der Waals surface area contributed by atoms with Crippen LogP contribution in [0.5, 0.6) is 0 Å². The number of hydrogen-bond acceptors (Lipinski definition) is 4. The lowest BCUT2D eigenvalue weighted by Crippen LogP contribution is -2.42. The molecular formula is C15H26N4OS. The number of aryl methyl sites for hydroxylation is 1. The summed E-state index contributed by atoms with van der Waals surface area (Å²) >= 11 is 1.70. The van der Waals surface area contributed by atoms with Crippen molar-refractivity contribution in [3.8, 4) is 0 Å². The zero-order chi connectivity index (χ0) is 15.4. The third-order valence-electron chi connectivity index (χ3n) is 4.10. The maximum Gasteiger partial charge on any atom is 0.315 e. The van der Waals surface area contributed by atoms with Gasteiger partial charge in [-0.05, 0) is 40.3 Å². The molecule has 1 aliphatic rings. The number of aromatic nitrogens is 1. The highest BCUT2D eigenvalue weighted by atomic mass is 32.1. The van der Waals surface area contributed by atoms with Crippen LogP contribution in [0.1, 0.15) is 42.0 Å². The Kier molecular flexibility index (Phi) is 5.58. The average Bonchev–Trinajstić information content (AvgIpc) is 3.05. The number of carbonyl (C=O) groups excluding carboxylic acids is 1. The molecule has 0 bridgehead atoms. The molecule has 1 saturated carbocycles. The Balaban J connectivity index is 1.70. The van der Waals surface area contributed by atoms with Crippen LogP contribution in [0.4, 0.5) is 4.79 Å². The van der Waals surface area contributed by atoms with Crippen LogP contribution in [-0.4, -0.2) is 48.6 Å². The first-order chi connectivity index (χ1) is 9.95. The van der Waals surface area contributed by atoms with Crippen LogP contribution in [0.15, 0.2) is 6.20 Å². The Morgan fingerprint density at radius 2 is 2.29 bits per heavy atom. The van der Waals surface area contributed by atoms with Gasteiger partial charge < -0.3 is 15.5 Å². The second kappa shape index (κ2) is 7.22. The molecule has 2 amide bonds. The van der Waals surface area contributed by atoms with Gasteiger partial charge in [0.25, 0.3) is 0 Å². The Labute approximate surface area is 131 Å². The van der Waals surface area contributed by atoms with Crippen LogP contribution in [0.3, 0.4) is 0 Å². The van der Waals surface area contributed by atoms with Gasteiger partial charge in [-0.15, -0.1) is 11.3 Å². The van der Waals surface area contributed by atoms with Crippen molar-refractivity contribution in [3.05, 3.63) is 16.1 Å². The lowest BCUT2D eigenvalue weighted by molar-refractivity contribution is 0.235. The number of urea groups is 1. The lowest BCUT2D eigenvalue weighted by Gasteiger charge is -2.19. The first kappa shape index (κ1) is 16.2. The fraction of sp³-hybridized carbons (Fsp3) is 0.733. The molecule has 1 aliphatic carbocycles. The van der Waals surface area contributed by atoms with Crippen molar-refractivity contribution in [3.63, 3.8) is 0 Å². The SMILES string of the molecule is Cc1cnc(C(C)CNC(=O)NC2CCC(N(C)C)C2)s1. The van der Waals surface area contributed by atoms with E-state index in [-0.39, 0.29) is 11.9 Å². The molecule has 6 heteroatoms. The van der Waals surface area contributed by atoms with E-state index in [2.05, 4.69) is 48.5 Å². The second-order valence-electron chi connectivity index (χ2n) is 6.19. The molecule has 21 heavy (non-hydrogen) atoms. The summed E-state index contributed by atoms with van der Waals surface area (Å²) in [5, 5.41) is 7.13. The molecule has 3 unspecified atom stereocenters. The summed E-state index contributed by atoms with van der Waals surface area (Å²) in [4.78, 5) is 19.8. The Morgan fingerprint density at radius 3 is 2.86 bits per heavy atom. The van der Waals surface area contributed by atoms with Crippen molar-refractivity contribution in [2.24, 2.45) is 0 Å². The number of hydrogen-bond donors (Lipinski definition) is 2. The summed E-state index contributed by atoms with van der Waals surface area (Å²) in [7, 11) is 4.20. The van der Waals surface area contributed by atoms with Crippen LogP contribution in [0, 0.1) is 6.92 Å². The van der Waals surface area contributed by atoms with Crippen LogP contribution in [0.2, 0.25) is 0 Å². The molecular weight excluding hydrogens is 284 g/mol.